The number of ether oxygens (including phenoxy) is 1. The van der Waals surface area contributed by atoms with Crippen LogP contribution in [0, 0.1) is 0 Å². The van der Waals surface area contributed by atoms with Crippen LogP contribution < -0.4 is 10.5 Å². The zero-order valence-electron chi connectivity index (χ0n) is 11.6. The lowest BCUT2D eigenvalue weighted by atomic mass is 10.1. The molecule has 3 heteroatoms. The van der Waals surface area contributed by atoms with E-state index < -0.39 is 0 Å². The molecule has 3 rings (SSSR count). The second kappa shape index (κ2) is 6.09. The van der Waals surface area contributed by atoms with Crippen LogP contribution in [-0.2, 0) is 6.61 Å². The first-order valence-electron chi connectivity index (χ1n) is 6.80. The summed E-state index contributed by atoms with van der Waals surface area (Å²) in [6, 6.07) is 19.7. The van der Waals surface area contributed by atoms with Gasteiger partial charge in [0.2, 0.25) is 0 Å². The van der Waals surface area contributed by atoms with Gasteiger partial charge in [0.25, 0.3) is 0 Å². The van der Waals surface area contributed by atoms with E-state index in [1.54, 1.807) is 18.5 Å². The Morgan fingerprint density at radius 1 is 0.857 bits per heavy atom. The van der Waals surface area contributed by atoms with E-state index in [1.807, 2.05) is 54.6 Å². The molecule has 0 atom stereocenters. The molecule has 0 aliphatic rings. The Bertz CT molecular complexity index is 726. The van der Waals surface area contributed by atoms with Crippen molar-refractivity contribution in [2.75, 3.05) is 5.73 Å². The quantitative estimate of drug-likeness (QED) is 0.786. The van der Waals surface area contributed by atoms with Crippen molar-refractivity contribution in [3.8, 4) is 16.9 Å². The Morgan fingerprint density at radius 2 is 1.62 bits per heavy atom. The van der Waals surface area contributed by atoms with E-state index in [1.165, 1.54) is 0 Å². The third-order valence-corrected chi connectivity index (χ3v) is 3.27. The van der Waals surface area contributed by atoms with Crippen molar-refractivity contribution in [3.05, 3.63) is 78.6 Å². The van der Waals surface area contributed by atoms with Gasteiger partial charge in [0.15, 0.2) is 0 Å². The molecular formula is C18H16N2O. The molecule has 0 aliphatic heterocycles. The van der Waals surface area contributed by atoms with E-state index in [2.05, 4.69) is 4.98 Å². The van der Waals surface area contributed by atoms with Gasteiger partial charge in [0.05, 0.1) is 0 Å². The standard InChI is InChI=1S/C18H16N2O/c19-17-10-11-20-12-16(17)15-8-4-5-9-18(15)21-13-14-6-2-1-3-7-14/h1-12H,13H2,(H2,19,20). The summed E-state index contributed by atoms with van der Waals surface area (Å²) in [5, 5.41) is 0. The van der Waals surface area contributed by atoms with Gasteiger partial charge in [0.1, 0.15) is 12.4 Å². The molecule has 0 amide bonds. The first kappa shape index (κ1) is 13.2. The fourth-order valence-electron chi connectivity index (χ4n) is 2.18. The first-order chi connectivity index (χ1) is 10.3. The molecular weight excluding hydrogens is 260 g/mol. The van der Waals surface area contributed by atoms with Crippen LogP contribution >= 0.6 is 0 Å². The van der Waals surface area contributed by atoms with Crippen molar-refractivity contribution in [1.29, 1.82) is 0 Å². The second-order valence-electron chi connectivity index (χ2n) is 4.73. The lowest BCUT2D eigenvalue weighted by molar-refractivity contribution is 0.307. The SMILES string of the molecule is Nc1ccncc1-c1ccccc1OCc1ccccc1. The first-order valence-corrected chi connectivity index (χ1v) is 6.80. The van der Waals surface area contributed by atoms with Crippen LogP contribution in [0.3, 0.4) is 0 Å². The molecule has 0 saturated carbocycles. The van der Waals surface area contributed by atoms with E-state index in [0.29, 0.717) is 12.3 Å². The number of hydrogen-bond acceptors (Lipinski definition) is 3. The molecule has 0 fully saturated rings. The molecule has 1 aromatic heterocycles. The van der Waals surface area contributed by atoms with Gasteiger partial charge in [-0.1, -0.05) is 48.5 Å². The highest BCUT2D eigenvalue weighted by atomic mass is 16.5. The van der Waals surface area contributed by atoms with Gasteiger partial charge in [0, 0.05) is 29.2 Å². The Labute approximate surface area is 124 Å². The largest absolute Gasteiger partial charge is 0.488 e. The summed E-state index contributed by atoms with van der Waals surface area (Å²) in [7, 11) is 0. The number of hydrogen-bond donors (Lipinski definition) is 1. The number of pyridine rings is 1. The molecule has 2 aromatic carbocycles. The molecule has 21 heavy (non-hydrogen) atoms. The van der Waals surface area contributed by atoms with Crippen molar-refractivity contribution in [1.82, 2.24) is 4.98 Å². The maximum absolute atomic E-state index is 6.03. The highest BCUT2D eigenvalue weighted by Gasteiger charge is 2.09. The Balaban J connectivity index is 1.88. The summed E-state index contributed by atoms with van der Waals surface area (Å²) in [5.41, 5.74) is 9.71. The number of rotatable bonds is 4. The molecule has 104 valence electrons. The van der Waals surface area contributed by atoms with Gasteiger partial charge >= 0.3 is 0 Å². The van der Waals surface area contributed by atoms with Crippen LogP contribution in [0.15, 0.2) is 73.1 Å². The van der Waals surface area contributed by atoms with Crippen molar-refractivity contribution in [3.63, 3.8) is 0 Å². The topological polar surface area (TPSA) is 48.1 Å². The van der Waals surface area contributed by atoms with Crippen molar-refractivity contribution in [2.45, 2.75) is 6.61 Å². The fourth-order valence-corrected chi connectivity index (χ4v) is 2.18. The Morgan fingerprint density at radius 3 is 2.43 bits per heavy atom. The summed E-state index contributed by atoms with van der Waals surface area (Å²) < 4.78 is 5.95. The average molecular weight is 276 g/mol. The molecule has 0 radical (unpaired) electrons. The third-order valence-electron chi connectivity index (χ3n) is 3.27. The number of nitrogens with zero attached hydrogens (tertiary/aromatic N) is 1. The molecule has 1 heterocycles. The van der Waals surface area contributed by atoms with Crippen LogP contribution in [0.2, 0.25) is 0 Å². The summed E-state index contributed by atoms with van der Waals surface area (Å²) in [5.74, 6) is 0.807. The Hall–Kier alpha value is -2.81. The lowest BCUT2D eigenvalue weighted by Crippen LogP contribution is -1.98. The normalized spacial score (nSPS) is 10.3. The number of anilines is 1. The number of nitrogen functional groups attached to an aromatic ring is 1. The van der Waals surface area contributed by atoms with Gasteiger partial charge in [-0.25, -0.2) is 0 Å². The number of aromatic nitrogens is 1. The third kappa shape index (κ3) is 3.03. The van der Waals surface area contributed by atoms with E-state index in [9.17, 15) is 0 Å². The molecule has 3 nitrogen and oxygen atoms in total. The van der Waals surface area contributed by atoms with E-state index in [-0.39, 0.29) is 0 Å². The van der Waals surface area contributed by atoms with Gasteiger partial charge in [-0.05, 0) is 17.7 Å². The fraction of sp³-hybridized carbons (Fsp3) is 0.0556. The second-order valence-corrected chi connectivity index (χ2v) is 4.73. The van der Waals surface area contributed by atoms with Gasteiger partial charge in [-0.3, -0.25) is 4.98 Å². The van der Waals surface area contributed by atoms with E-state index in [0.717, 1.165) is 22.4 Å². The van der Waals surface area contributed by atoms with Crippen LogP contribution in [0.4, 0.5) is 5.69 Å². The van der Waals surface area contributed by atoms with Crippen LogP contribution in [0.25, 0.3) is 11.1 Å². The monoisotopic (exact) mass is 276 g/mol. The zero-order chi connectivity index (χ0) is 14.5. The van der Waals surface area contributed by atoms with Crippen LogP contribution in [-0.4, -0.2) is 4.98 Å². The van der Waals surface area contributed by atoms with Crippen molar-refractivity contribution in [2.24, 2.45) is 0 Å². The van der Waals surface area contributed by atoms with Crippen molar-refractivity contribution < 1.29 is 4.74 Å². The molecule has 3 aromatic rings. The minimum atomic E-state index is 0.526. The maximum Gasteiger partial charge on any atom is 0.127 e. The molecule has 0 bridgehead atoms. The molecule has 0 saturated heterocycles. The number of para-hydroxylation sites is 1. The minimum Gasteiger partial charge on any atom is -0.488 e. The van der Waals surface area contributed by atoms with Gasteiger partial charge in [-0.2, -0.15) is 0 Å². The van der Waals surface area contributed by atoms with Crippen LogP contribution in [0.1, 0.15) is 5.56 Å². The van der Waals surface area contributed by atoms with Crippen LogP contribution in [0.5, 0.6) is 5.75 Å². The highest BCUT2D eigenvalue weighted by molar-refractivity contribution is 5.79. The molecule has 0 spiro atoms. The maximum atomic E-state index is 6.03. The molecule has 0 aliphatic carbocycles. The summed E-state index contributed by atoms with van der Waals surface area (Å²) in [4.78, 5) is 4.15. The molecule has 2 N–H and O–H groups in total. The van der Waals surface area contributed by atoms with E-state index >= 15 is 0 Å². The Kier molecular flexibility index (Phi) is 3.83. The number of benzene rings is 2. The smallest absolute Gasteiger partial charge is 0.127 e. The summed E-state index contributed by atoms with van der Waals surface area (Å²) in [6.07, 6.45) is 3.45. The van der Waals surface area contributed by atoms with Crippen molar-refractivity contribution >= 4 is 5.69 Å². The zero-order valence-corrected chi connectivity index (χ0v) is 11.6. The average Bonchev–Trinajstić information content (AvgIpc) is 2.55. The predicted molar refractivity (Wildman–Crippen MR) is 84.9 cm³/mol. The number of nitrogens with two attached hydrogens (primary N) is 1. The minimum absolute atomic E-state index is 0.526. The predicted octanol–water partition coefficient (Wildman–Crippen LogP) is 3.91. The van der Waals surface area contributed by atoms with Gasteiger partial charge < -0.3 is 10.5 Å². The van der Waals surface area contributed by atoms with Gasteiger partial charge in [-0.15, -0.1) is 0 Å². The summed E-state index contributed by atoms with van der Waals surface area (Å²) >= 11 is 0. The lowest BCUT2D eigenvalue weighted by Gasteiger charge is -2.12. The highest BCUT2D eigenvalue weighted by Crippen LogP contribution is 2.33. The summed E-state index contributed by atoms with van der Waals surface area (Å²) in [6.45, 7) is 0.526. The van der Waals surface area contributed by atoms with E-state index in [4.69, 9.17) is 10.5 Å². The molecule has 0 unspecified atom stereocenters.